The number of hydrogen-bond acceptors (Lipinski definition) is 2. The van der Waals surface area contributed by atoms with E-state index in [4.69, 9.17) is 0 Å². The summed E-state index contributed by atoms with van der Waals surface area (Å²) in [5.41, 5.74) is 13.6. The van der Waals surface area contributed by atoms with Crippen LogP contribution in [0.25, 0.3) is 38.6 Å². The van der Waals surface area contributed by atoms with Crippen LogP contribution < -0.4 is 4.90 Å². The Hall–Kier alpha value is -7.15. The summed E-state index contributed by atoms with van der Waals surface area (Å²) in [6.07, 6.45) is 0. The maximum atomic E-state index is 9.90. The second kappa shape index (κ2) is 12.3. The van der Waals surface area contributed by atoms with E-state index in [0.717, 1.165) is 44.9 Å². The summed E-state index contributed by atoms with van der Waals surface area (Å²) in [4.78, 5) is 2.43. The minimum Gasteiger partial charge on any atom is -0.310 e. The lowest BCUT2D eigenvalue weighted by Gasteiger charge is -2.46. The number of rotatable bonds is 5. The number of benzene rings is 8. The topological polar surface area (TPSA) is 32.0 Å². The van der Waals surface area contributed by atoms with Gasteiger partial charge in [-0.3, -0.25) is 0 Å². The van der Waals surface area contributed by atoms with Gasteiger partial charge in [0.1, 0.15) is 0 Å². The molecule has 2 heterocycles. The molecular formula is C50H33N3. The first-order chi connectivity index (χ1) is 26.3. The van der Waals surface area contributed by atoms with Gasteiger partial charge in [0.25, 0.3) is 0 Å². The highest BCUT2D eigenvalue weighted by Gasteiger charge is 2.46. The summed E-state index contributed by atoms with van der Waals surface area (Å²) < 4.78 is 2.38. The third-order valence-electron chi connectivity index (χ3n) is 10.8. The predicted molar refractivity (Wildman–Crippen MR) is 217 cm³/mol. The number of aromatic nitrogens is 1. The van der Waals surface area contributed by atoms with Crippen molar-refractivity contribution in [1.82, 2.24) is 4.57 Å². The van der Waals surface area contributed by atoms with Crippen LogP contribution in [0.3, 0.4) is 0 Å². The molecule has 0 amide bonds. The van der Waals surface area contributed by atoms with Crippen molar-refractivity contribution >= 4 is 38.9 Å². The van der Waals surface area contributed by atoms with Crippen LogP contribution in [0.1, 0.15) is 27.8 Å². The first kappa shape index (κ1) is 30.7. The second-order valence-corrected chi connectivity index (χ2v) is 13.7. The van der Waals surface area contributed by atoms with E-state index in [1.807, 2.05) is 18.2 Å². The Labute approximate surface area is 308 Å². The van der Waals surface area contributed by atoms with Crippen molar-refractivity contribution in [2.45, 2.75) is 5.41 Å². The summed E-state index contributed by atoms with van der Waals surface area (Å²) in [5, 5.41) is 12.3. The molecule has 0 fully saturated rings. The fourth-order valence-corrected chi connectivity index (χ4v) is 8.68. The van der Waals surface area contributed by atoms with E-state index in [2.05, 4.69) is 198 Å². The van der Waals surface area contributed by atoms with Gasteiger partial charge in [-0.25, -0.2) is 0 Å². The molecule has 0 radical (unpaired) electrons. The summed E-state index contributed by atoms with van der Waals surface area (Å²) in [6, 6.07) is 74.0. The molecule has 1 aliphatic heterocycles. The van der Waals surface area contributed by atoms with E-state index in [-0.39, 0.29) is 0 Å². The Bertz CT molecular complexity index is 2720. The van der Waals surface area contributed by atoms with Crippen LogP contribution in [0.15, 0.2) is 200 Å². The first-order valence-corrected chi connectivity index (χ1v) is 18.0. The standard InChI is InChI=1S/C50H33N3/c51-34-35-16-15-17-36(30-35)37-31-40(52-46-26-11-7-22-42(46)43-23-8-12-27-47(43)52)33-41(32-37)53-48-28-13-9-24-44(48)50(38-18-3-1-4-19-38,39-20-5-2-6-21-39)45-25-10-14-29-49(45)53/h1-33H. The van der Waals surface area contributed by atoms with Crippen LogP contribution in [-0.2, 0) is 5.41 Å². The van der Waals surface area contributed by atoms with Gasteiger partial charge >= 0.3 is 0 Å². The van der Waals surface area contributed by atoms with Crippen LogP contribution in [0.2, 0.25) is 0 Å². The third kappa shape index (κ3) is 4.67. The van der Waals surface area contributed by atoms with Gasteiger partial charge in [0.15, 0.2) is 0 Å². The minimum absolute atomic E-state index is 0.555. The van der Waals surface area contributed by atoms with E-state index in [1.165, 1.54) is 33.0 Å². The minimum atomic E-state index is -0.555. The SMILES string of the molecule is N#Cc1cccc(-c2cc(N3c4ccccc4C(c4ccccc4)(c4ccccc4)c4ccccc43)cc(-n3c4ccccc4c4ccccc43)c2)c1. The Kier molecular flexibility index (Phi) is 7.09. The van der Waals surface area contributed by atoms with Crippen molar-refractivity contribution in [3.05, 3.63) is 228 Å². The lowest BCUT2D eigenvalue weighted by Crippen LogP contribution is -2.37. The molecule has 1 aromatic heterocycles. The monoisotopic (exact) mass is 675 g/mol. The highest BCUT2D eigenvalue weighted by molar-refractivity contribution is 6.09. The molecule has 8 aromatic carbocycles. The number of nitriles is 1. The van der Waals surface area contributed by atoms with Crippen LogP contribution >= 0.6 is 0 Å². The molecule has 0 N–H and O–H groups in total. The fourth-order valence-electron chi connectivity index (χ4n) is 8.68. The van der Waals surface area contributed by atoms with Gasteiger partial charge in [0.2, 0.25) is 0 Å². The zero-order chi connectivity index (χ0) is 35.4. The number of anilines is 3. The second-order valence-electron chi connectivity index (χ2n) is 13.7. The lowest BCUT2D eigenvalue weighted by molar-refractivity contribution is 0.731. The molecule has 0 unspecified atom stereocenters. The number of nitrogens with zero attached hydrogens (tertiary/aromatic N) is 3. The molecule has 0 saturated carbocycles. The van der Waals surface area contributed by atoms with Gasteiger partial charge in [-0.2, -0.15) is 5.26 Å². The van der Waals surface area contributed by atoms with Crippen LogP contribution in [0, 0.1) is 11.3 Å². The molecule has 1 aliphatic rings. The van der Waals surface area contributed by atoms with Crippen LogP contribution in [0.4, 0.5) is 17.1 Å². The smallest absolute Gasteiger partial charge is 0.0991 e. The van der Waals surface area contributed by atoms with Crippen LogP contribution in [-0.4, -0.2) is 4.57 Å². The van der Waals surface area contributed by atoms with Crippen molar-refractivity contribution in [2.24, 2.45) is 0 Å². The molecule has 0 bridgehead atoms. The lowest BCUT2D eigenvalue weighted by atomic mass is 9.62. The molecule has 53 heavy (non-hydrogen) atoms. The molecule has 248 valence electrons. The highest BCUT2D eigenvalue weighted by Crippen LogP contribution is 2.58. The summed E-state index contributed by atoms with van der Waals surface area (Å²) in [6.45, 7) is 0. The Morgan fingerprint density at radius 3 is 1.51 bits per heavy atom. The van der Waals surface area contributed by atoms with E-state index in [9.17, 15) is 5.26 Å². The van der Waals surface area contributed by atoms with Gasteiger partial charge in [-0.1, -0.05) is 146 Å². The van der Waals surface area contributed by atoms with Crippen LogP contribution in [0.5, 0.6) is 0 Å². The quantitative estimate of drug-likeness (QED) is 0.182. The fraction of sp³-hybridized carbons (Fsp3) is 0.0200. The van der Waals surface area contributed by atoms with Gasteiger partial charge in [-0.15, -0.1) is 0 Å². The van der Waals surface area contributed by atoms with Crippen molar-refractivity contribution < 1.29 is 0 Å². The van der Waals surface area contributed by atoms with Gasteiger partial charge in [-0.05, 0) is 88.0 Å². The molecule has 0 aliphatic carbocycles. The maximum Gasteiger partial charge on any atom is 0.0991 e. The number of hydrogen-bond donors (Lipinski definition) is 0. The zero-order valence-corrected chi connectivity index (χ0v) is 28.9. The molecule has 0 saturated heterocycles. The van der Waals surface area contributed by atoms with Crippen molar-refractivity contribution in [2.75, 3.05) is 4.90 Å². The third-order valence-corrected chi connectivity index (χ3v) is 10.8. The average molecular weight is 676 g/mol. The van der Waals surface area contributed by atoms with Crippen molar-refractivity contribution in [1.29, 1.82) is 5.26 Å². The molecule has 0 atom stereocenters. The Morgan fingerprint density at radius 2 is 0.925 bits per heavy atom. The van der Waals surface area contributed by atoms with Crippen molar-refractivity contribution in [3.63, 3.8) is 0 Å². The molecule has 0 spiro atoms. The van der Waals surface area contributed by atoms with Crippen molar-refractivity contribution in [3.8, 4) is 22.9 Å². The molecule has 9 aromatic rings. The zero-order valence-electron chi connectivity index (χ0n) is 28.9. The highest BCUT2D eigenvalue weighted by atomic mass is 15.2. The van der Waals surface area contributed by atoms with Gasteiger partial charge < -0.3 is 9.47 Å². The first-order valence-electron chi connectivity index (χ1n) is 18.0. The van der Waals surface area contributed by atoms with E-state index < -0.39 is 5.41 Å². The van der Waals surface area contributed by atoms with E-state index in [1.54, 1.807) is 0 Å². The maximum absolute atomic E-state index is 9.90. The number of fused-ring (bicyclic) bond motifs is 5. The average Bonchev–Trinajstić information content (AvgIpc) is 3.58. The van der Waals surface area contributed by atoms with Gasteiger partial charge in [0.05, 0.1) is 39.5 Å². The molecule has 10 rings (SSSR count). The summed E-state index contributed by atoms with van der Waals surface area (Å²) in [7, 11) is 0. The normalized spacial score (nSPS) is 13.0. The molecule has 3 nitrogen and oxygen atoms in total. The number of para-hydroxylation sites is 4. The predicted octanol–water partition coefficient (Wildman–Crippen LogP) is 12.5. The Morgan fingerprint density at radius 1 is 0.415 bits per heavy atom. The van der Waals surface area contributed by atoms with E-state index >= 15 is 0 Å². The summed E-state index contributed by atoms with van der Waals surface area (Å²) in [5.74, 6) is 0. The largest absolute Gasteiger partial charge is 0.310 e. The summed E-state index contributed by atoms with van der Waals surface area (Å²) >= 11 is 0. The van der Waals surface area contributed by atoms with Gasteiger partial charge in [0, 0.05) is 22.1 Å². The Balaban J connectivity index is 1.30. The molecular weight excluding hydrogens is 643 g/mol. The molecule has 3 heteroatoms. The van der Waals surface area contributed by atoms with E-state index in [0.29, 0.717) is 5.56 Å².